The molecule has 1 atom stereocenters. The number of methoxy groups -OCH3 is 1. The summed E-state index contributed by atoms with van der Waals surface area (Å²) in [6, 6.07) is 10.7. The van der Waals surface area contributed by atoms with E-state index in [-0.39, 0.29) is 6.03 Å². The molecule has 0 radical (unpaired) electrons. The van der Waals surface area contributed by atoms with Crippen LogP contribution in [0.5, 0.6) is 5.75 Å². The SMILES string of the molecule is COC(=O)C1=C(C)NC(=O)NC1c1cc(C)cc(COc2ccccc2Br)c1C. The molecule has 1 heterocycles. The third-order valence-electron chi connectivity index (χ3n) is 4.91. The summed E-state index contributed by atoms with van der Waals surface area (Å²) in [5, 5.41) is 5.49. The molecule has 2 N–H and O–H groups in total. The Kier molecular flexibility index (Phi) is 6.27. The second kappa shape index (κ2) is 8.69. The van der Waals surface area contributed by atoms with Crippen molar-refractivity contribution in [2.75, 3.05) is 7.11 Å². The van der Waals surface area contributed by atoms with Gasteiger partial charge in [0.15, 0.2) is 0 Å². The van der Waals surface area contributed by atoms with E-state index in [0.717, 1.165) is 32.5 Å². The number of para-hydroxylation sites is 1. The van der Waals surface area contributed by atoms with Crippen LogP contribution >= 0.6 is 15.9 Å². The third-order valence-corrected chi connectivity index (χ3v) is 5.56. The number of carbonyl (C=O) groups excluding carboxylic acids is 2. The standard InChI is InChI=1S/C22H23BrN2O4/c1-12-9-15(11-29-18-8-6-5-7-17(18)23)13(2)16(10-12)20-19(21(26)28-4)14(3)24-22(27)25-20/h5-10,20H,11H2,1-4H3,(H2,24,25,27). The van der Waals surface area contributed by atoms with E-state index >= 15 is 0 Å². The van der Waals surface area contributed by atoms with E-state index in [9.17, 15) is 9.59 Å². The minimum absolute atomic E-state index is 0.355. The monoisotopic (exact) mass is 458 g/mol. The highest BCUT2D eigenvalue weighted by Crippen LogP contribution is 2.33. The molecule has 0 aromatic heterocycles. The van der Waals surface area contributed by atoms with E-state index in [4.69, 9.17) is 9.47 Å². The average molecular weight is 459 g/mol. The molecule has 2 aromatic carbocycles. The van der Waals surface area contributed by atoms with Crippen LogP contribution in [0.2, 0.25) is 0 Å². The van der Waals surface area contributed by atoms with Gasteiger partial charge in [-0.25, -0.2) is 9.59 Å². The van der Waals surface area contributed by atoms with Crippen LogP contribution in [-0.4, -0.2) is 19.1 Å². The molecule has 0 saturated heterocycles. The number of urea groups is 1. The highest BCUT2D eigenvalue weighted by molar-refractivity contribution is 9.10. The summed E-state index contributed by atoms with van der Waals surface area (Å²) in [7, 11) is 1.33. The molecule has 7 heteroatoms. The Labute approximate surface area is 178 Å². The van der Waals surface area contributed by atoms with E-state index < -0.39 is 12.0 Å². The number of esters is 1. The maximum absolute atomic E-state index is 12.4. The number of aryl methyl sites for hydroxylation is 1. The van der Waals surface area contributed by atoms with Crippen LogP contribution in [0.1, 0.15) is 35.2 Å². The van der Waals surface area contributed by atoms with Crippen molar-refractivity contribution in [2.24, 2.45) is 0 Å². The van der Waals surface area contributed by atoms with Gasteiger partial charge >= 0.3 is 12.0 Å². The number of hydrogen-bond acceptors (Lipinski definition) is 4. The highest BCUT2D eigenvalue weighted by atomic mass is 79.9. The van der Waals surface area contributed by atoms with Gasteiger partial charge in [-0.2, -0.15) is 0 Å². The normalized spacial score (nSPS) is 16.2. The van der Waals surface area contributed by atoms with Crippen molar-refractivity contribution in [3.63, 3.8) is 0 Å². The fourth-order valence-electron chi connectivity index (χ4n) is 3.44. The Bertz CT molecular complexity index is 1000. The van der Waals surface area contributed by atoms with Gasteiger partial charge in [0.25, 0.3) is 0 Å². The van der Waals surface area contributed by atoms with Gasteiger partial charge in [0.05, 0.1) is 23.2 Å². The first-order chi connectivity index (χ1) is 13.8. The Morgan fingerprint density at radius 3 is 2.59 bits per heavy atom. The van der Waals surface area contributed by atoms with Crippen molar-refractivity contribution >= 4 is 27.9 Å². The van der Waals surface area contributed by atoms with E-state index in [2.05, 4.69) is 26.6 Å². The minimum Gasteiger partial charge on any atom is -0.488 e. The van der Waals surface area contributed by atoms with Crippen molar-refractivity contribution in [2.45, 2.75) is 33.4 Å². The average Bonchev–Trinajstić information content (AvgIpc) is 2.68. The Hall–Kier alpha value is -2.80. The zero-order valence-corrected chi connectivity index (χ0v) is 18.3. The summed E-state index contributed by atoms with van der Waals surface area (Å²) in [6.07, 6.45) is 0. The van der Waals surface area contributed by atoms with E-state index in [1.165, 1.54) is 7.11 Å². The molecule has 0 aliphatic carbocycles. The zero-order chi connectivity index (χ0) is 21.1. The second-order valence-electron chi connectivity index (χ2n) is 6.92. The van der Waals surface area contributed by atoms with E-state index in [0.29, 0.717) is 17.9 Å². The molecule has 152 valence electrons. The summed E-state index contributed by atoms with van der Waals surface area (Å²) in [5.74, 6) is 0.267. The number of nitrogens with one attached hydrogen (secondary N) is 2. The van der Waals surface area contributed by atoms with E-state index in [1.54, 1.807) is 6.92 Å². The third kappa shape index (κ3) is 4.45. The molecule has 0 fully saturated rings. The highest BCUT2D eigenvalue weighted by Gasteiger charge is 2.33. The van der Waals surface area contributed by atoms with Gasteiger partial charge in [-0.3, -0.25) is 0 Å². The van der Waals surface area contributed by atoms with Crippen molar-refractivity contribution in [1.82, 2.24) is 10.6 Å². The molecule has 1 unspecified atom stereocenters. The number of allylic oxidation sites excluding steroid dienone is 1. The maximum Gasteiger partial charge on any atom is 0.337 e. The fraction of sp³-hybridized carbons (Fsp3) is 0.273. The lowest BCUT2D eigenvalue weighted by Gasteiger charge is -2.29. The fourth-order valence-corrected chi connectivity index (χ4v) is 3.84. The lowest BCUT2D eigenvalue weighted by Crippen LogP contribution is -2.45. The molecule has 0 saturated carbocycles. The van der Waals surface area contributed by atoms with Crippen molar-refractivity contribution in [3.8, 4) is 5.75 Å². The topological polar surface area (TPSA) is 76.7 Å². The Morgan fingerprint density at radius 2 is 1.90 bits per heavy atom. The van der Waals surface area contributed by atoms with Gasteiger partial charge in [-0.05, 0) is 65.5 Å². The Morgan fingerprint density at radius 1 is 1.17 bits per heavy atom. The van der Waals surface area contributed by atoms with Crippen molar-refractivity contribution in [3.05, 3.63) is 74.4 Å². The first-order valence-electron chi connectivity index (χ1n) is 9.15. The van der Waals surface area contributed by atoms with Gasteiger partial charge in [0, 0.05) is 5.70 Å². The largest absolute Gasteiger partial charge is 0.488 e. The van der Waals surface area contributed by atoms with Gasteiger partial charge in [0.2, 0.25) is 0 Å². The summed E-state index contributed by atoms with van der Waals surface area (Å²) < 4.78 is 11.8. The first kappa shape index (κ1) is 20.9. The lowest BCUT2D eigenvalue weighted by atomic mass is 9.89. The van der Waals surface area contributed by atoms with Crippen molar-refractivity contribution in [1.29, 1.82) is 0 Å². The zero-order valence-electron chi connectivity index (χ0n) is 16.8. The number of amides is 2. The first-order valence-corrected chi connectivity index (χ1v) is 9.95. The summed E-state index contributed by atoms with van der Waals surface area (Å²) >= 11 is 3.49. The minimum atomic E-state index is -0.599. The predicted octanol–water partition coefficient (Wildman–Crippen LogP) is 4.45. The number of rotatable bonds is 5. The van der Waals surface area contributed by atoms with Crippen LogP contribution < -0.4 is 15.4 Å². The molecular weight excluding hydrogens is 436 g/mol. The molecule has 6 nitrogen and oxygen atoms in total. The maximum atomic E-state index is 12.4. The number of ether oxygens (including phenoxy) is 2. The smallest absolute Gasteiger partial charge is 0.337 e. The molecule has 3 rings (SSSR count). The van der Waals surface area contributed by atoms with Crippen LogP contribution in [0.25, 0.3) is 0 Å². The van der Waals surface area contributed by atoms with Crippen LogP contribution in [0, 0.1) is 13.8 Å². The molecule has 2 amide bonds. The van der Waals surface area contributed by atoms with Crippen LogP contribution in [0.4, 0.5) is 4.79 Å². The molecule has 1 aliphatic rings. The van der Waals surface area contributed by atoms with Gasteiger partial charge < -0.3 is 20.1 Å². The number of benzene rings is 2. The Balaban J connectivity index is 1.99. The summed E-state index contributed by atoms with van der Waals surface area (Å²) in [6.45, 7) is 5.99. The number of carbonyl (C=O) groups is 2. The lowest BCUT2D eigenvalue weighted by molar-refractivity contribution is -0.136. The van der Waals surface area contributed by atoms with Crippen LogP contribution in [-0.2, 0) is 16.1 Å². The number of halogens is 1. The quantitative estimate of drug-likeness (QED) is 0.648. The second-order valence-corrected chi connectivity index (χ2v) is 7.77. The molecular formula is C22H23BrN2O4. The van der Waals surface area contributed by atoms with Gasteiger partial charge in [0.1, 0.15) is 12.4 Å². The molecule has 2 aromatic rings. The van der Waals surface area contributed by atoms with Gasteiger partial charge in [-0.1, -0.05) is 29.8 Å². The van der Waals surface area contributed by atoms with Crippen LogP contribution in [0.15, 0.2) is 52.1 Å². The van der Waals surface area contributed by atoms with E-state index in [1.807, 2.05) is 50.2 Å². The number of hydrogen-bond donors (Lipinski definition) is 2. The summed E-state index contributed by atoms with van der Waals surface area (Å²) in [4.78, 5) is 24.5. The van der Waals surface area contributed by atoms with Crippen molar-refractivity contribution < 1.29 is 19.1 Å². The molecule has 0 spiro atoms. The van der Waals surface area contributed by atoms with Crippen LogP contribution in [0.3, 0.4) is 0 Å². The van der Waals surface area contributed by atoms with Gasteiger partial charge in [-0.15, -0.1) is 0 Å². The molecule has 1 aliphatic heterocycles. The molecule has 29 heavy (non-hydrogen) atoms. The predicted molar refractivity (Wildman–Crippen MR) is 114 cm³/mol. The molecule has 0 bridgehead atoms. The summed E-state index contributed by atoms with van der Waals surface area (Å²) in [5.41, 5.74) is 4.64.